The van der Waals surface area contributed by atoms with E-state index in [2.05, 4.69) is 28.6 Å². The van der Waals surface area contributed by atoms with Crippen molar-refractivity contribution in [3.8, 4) is 0 Å². The van der Waals surface area contributed by atoms with Gasteiger partial charge in [0.1, 0.15) is 0 Å². The van der Waals surface area contributed by atoms with Crippen LogP contribution in [-0.4, -0.2) is 24.6 Å². The van der Waals surface area contributed by atoms with Gasteiger partial charge in [0.2, 0.25) is 0 Å². The average Bonchev–Trinajstić information content (AvgIpc) is 2.20. The maximum Gasteiger partial charge on any atom is 0.0465 e. The summed E-state index contributed by atoms with van der Waals surface area (Å²) in [6, 6.07) is 2.49. The lowest BCUT2D eigenvalue weighted by Gasteiger charge is -2.25. The van der Waals surface area contributed by atoms with Crippen LogP contribution in [0.2, 0.25) is 0 Å². The van der Waals surface area contributed by atoms with Gasteiger partial charge in [-0.1, -0.05) is 0 Å². The molecular weight excluding hydrogens is 162 g/mol. The molecular formula is C10H15N3. The van der Waals surface area contributed by atoms with Gasteiger partial charge < -0.3 is 10.6 Å². The first-order chi connectivity index (χ1) is 6.38. The monoisotopic (exact) mass is 177 g/mol. The highest BCUT2D eigenvalue weighted by Gasteiger charge is 2.15. The lowest BCUT2D eigenvalue weighted by atomic mass is 10.0. The maximum atomic E-state index is 4.15. The quantitative estimate of drug-likeness (QED) is 0.660. The Bertz CT molecular complexity index is 279. The van der Waals surface area contributed by atoms with Gasteiger partial charge in [0, 0.05) is 38.1 Å². The Labute approximate surface area is 78.6 Å². The zero-order valence-corrected chi connectivity index (χ0v) is 7.88. The number of hydrogen-bond acceptors (Lipinski definition) is 3. The first kappa shape index (κ1) is 8.66. The Morgan fingerprint density at radius 1 is 1.46 bits per heavy atom. The van der Waals surface area contributed by atoms with Gasteiger partial charge >= 0.3 is 0 Å². The zero-order valence-electron chi connectivity index (χ0n) is 7.88. The molecule has 1 aliphatic rings. The first-order valence-electron chi connectivity index (χ1n) is 4.72. The number of aryl methyl sites for hydroxylation is 1. The third-order valence-corrected chi connectivity index (χ3v) is 2.50. The summed E-state index contributed by atoms with van der Waals surface area (Å²) in [6.45, 7) is 5.24. The molecule has 2 heterocycles. The average molecular weight is 177 g/mol. The van der Waals surface area contributed by atoms with Crippen LogP contribution in [0.3, 0.4) is 0 Å². The Hall–Kier alpha value is -0.930. The lowest BCUT2D eigenvalue weighted by molar-refractivity contribution is 0.428. The molecule has 3 heteroatoms. The van der Waals surface area contributed by atoms with Crippen LogP contribution in [0.5, 0.6) is 0 Å². The fraction of sp³-hybridized carbons (Fsp3) is 0.500. The van der Waals surface area contributed by atoms with Crippen LogP contribution in [0, 0.1) is 6.92 Å². The van der Waals surface area contributed by atoms with E-state index in [4.69, 9.17) is 0 Å². The molecule has 70 valence electrons. The highest BCUT2D eigenvalue weighted by atomic mass is 15.1. The van der Waals surface area contributed by atoms with E-state index in [1.165, 1.54) is 11.1 Å². The van der Waals surface area contributed by atoms with Gasteiger partial charge in [0.15, 0.2) is 0 Å². The summed E-state index contributed by atoms with van der Waals surface area (Å²) in [5.74, 6) is 0. The van der Waals surface area contributed by atoms with Crippen LogP contribution in [0.15, 0.2) is 18.5 Å². The van der Waals surface area contributed by atoms with E-state index < -0.39 is 0 Å². The van der Waals surface area contributed by atoms with Crippen molar-refractivity contribution in [1.29, 1.82) is 0 Å². The van der Waals surface area contributed by atoms with Crippen molar-refractivity contribution >= 4 is 0 Å². The van der Waals surface area contributed by atoms with Crippen LogP contribution in [0.4, 0.5) is 0 Å². The lowest BCUT2D eigenvalue weighted by Crippen LogP contribution is -2.42. The Kier molecular flexibility index (Phi) is 2.57. The van der Waals surface area contributed by atoms with Gasteiger partial charge in [-0.15, -0.1) is 0 Å². The highest BCUT2D eigenvalue weighted by Crippen LogP contribution is 2.16. The molecule has 1 aromatic rings. The molecule has 0 aliphatic carbocycles. The van der Waals surface area contributed by atoms with Crippen molar-refractivity contribution in [2.75, 3.05) is 19.6 Å². The second-order valence-electron chi connectivity index (χ2n) is 3.44. The predicted octanol–water partition coefficient (Wildman–Crippen LogP) is 0.624. The van der Waals surface area contributed by atoms with Gasteiger partial charge in [-0.3, -0.25) is 4.98 Å². The standard InChI is InChI=1S/C10H15N3/c1-8-2-3-11-6-9(8)10-7-12-4-5-13-10/h2-3,6,10,12-13H,4-5,7H2,1H3. The van der Waals surface area contributed by atoms with E-state index in [9.17, 15) is 0 Å². The molecule has 1 saturated heterocycles. The molecule has 1 aromatic heterocycles. The molecule has 0 aromatic carbocycles. The molecule has 1 aliphatic heterocycles. The topological polar surface area (TPSA) is 37.0 Å². The first-order valence-corrected chi connectivity index (χ1v) is 4.72. The Balaban J connectivity index is 2.18. The van der Waals surface area contributed by atoms with E-state index in [0.717, 1.165) is 19.6 Å². The molecule has 0 spiro atoms. The molecule has 1 unspecified atom stereocenters. The summed E-state index contributed by atoms with van der Waals surface area (Å²) in [6.07, 6.45) is 3.80. The molecule has 2 N–H and O–H groups in total. The summed E-state index contributed by atoms with van der Waals surface area (Å²) >= 11 is 0. The number of aromatic nitrogens is 1. The van der Waals surface area contributed by atoms with Crippen molar-refractivity contribution in [2.24, 2.45) is 0 Å². The summed E-state index contributed by atoms with van der Waals surface area (Å²) in [5.41, 5.74) is 2.63. The van der Waals surface area contributed by atoms with Crippen LogP contribution in [0.1, 0.15) is 17.2 Å². The van der Waals surface area contributed by atoms with Crippen LogP contribution in [-0.2, 0) is 0 Å². The molecule has 1 fully saturated rings. The van der Waals surface area contributed by atoms with E-state index in [-0.39, 0.29) is 0 Å². The van der Waals surface area contributed by atoms with Crippen LogP contribution < -0.4 is 10.6 Å². The summed E-state index contributed by atoms with van der Waals surface area (Å²) in [5, 5.41) is 6.84. The second kappa shape index (κ2) is 3.85. The van der Waals surface area contributed by atoms with Crippen molar-refractivity contribution in [2.45, 2.75) is 13.0 Å². The molecule has 0 bridgehead atoms. The summed E-state index contributed by atoms with van der Waals surface area (Å²) in [4.78, 5) is 4.15. The number of nitrogens with zero attached hydrogens (tertiary/aromatic N) is 1. The Morgan fingerprint density at radius 2 is 2.38 bits per heavy atom. The van der Waals surface area contributed by atoms with Gasteiger partial charge in [-0.2, -0.15) is 0 Å². The largest absolute Gasteiger partial charge is 0.314 e. The van der Waals surface area contributed by atoms with Crippen molar-refractivity contribution < 1.29 is 0 Å². The molecule has 0 saturated carbocycles. The molecule has 2 rings (SSSR count). The van der Waals surface area contributed by atoms with Crippen molar-refractivity contribution in [3.05, 3.63) is 29.6 Å². The fourth-order valence-electron chi connectivity index (χ4n) is 1.71. The number of pyridine rings is 1. The van der Waals surface area contributed by atoms with Crippen molar-refractivity contribution in [3.63, 3.8) is 0 Å². The molecule has 0 amide bonds. The molecule has 1 atom stereocenters. The minimum atomic E-state index is 0.433. The minimum absolute atomic E-state index is 0.433. The van der Waals surface area contributed by atoms with E-state index >= 15 is 0 Å². The number of piperazine rings is 1. The smallest absolute Gasteiger partial charge is 0.0465 e. The van der Waals surface area contributed by atoms with E-state index in [1.807, 2.05) is 12.4 Å². The third-order valence-electron chi connectivity index (χ3n) is 2.50. The van der Waals surface area contributed by atoms with Gasteiger partial charge in [-0.05, 0) is 24.1 Å². The Morgan fingerprint density at radius 3 is 3.08 bits per heavy atom. The van der Waals surface area contributed by atoms with E-state index in [1.54, 1.807) is 0 Å². The SMILES string of the molecule is Cc1ccncc1C1CNCCN1. The van der Waals surface area contributed by atoms with Crippen LogP contribution >= 0.6 is 0 Å². The van der Waals surface area contributed by atoms with Crippen molar-refractivity contribution in [1.82, 2.24) is 15.6 Å². The summed E-state index contributed by atoms with van der Waals surface area (Å²) in [7, 11) is 0. The second-order valence-corrected chi connectivity index (χ2v) is 3.44. The van der Waals surface area contributed by atoms with Gasteiger partial charge in [0.05, 0.1) is 0 Å². The highest BCUT2D eigenvalue weighted by molar-refractivity contribution is 5.25. The number of rotatable bonds is 1. The van der Waals surface area contributed by atoms with Gasteiger partial charge in [-0.25, -0.2) is 0 Å². The minimum Gasteiger partial charge on any atom is -0.314 e. The molecule has 0 radical (unpaired) electrons. The predicted molar refractivity (Wildman–Crippen MR) is 52.6 cm³/mol. The van der Waals surface area contributed by atoms with E-state index in [0.29, 0.717) is 6.04 Å². The zero-order chi connectivity index (χ0) is 9.10. The number of nitrogens with one attached hydrogen (secondary N) is 2. The number of hydrogen-bond donors (Lipinski definition) is 2. The molecule has 13 heavy (non-hydrogen) atoms. The van der Waals surface area contributed by atoms with Crippen LogP contribution in [0.25, 0.3) is 0 Å². The summed E-state index contributed by atoms with van der Waals surface area (Å²) < 4.78 is 0. The van der Waals surface area contributed by atoms with Gasteiger partial charge in [0.25, 0.3) is 0 Å². The maximum absolute atomic E-state index is 4.15. The fourth-order valence-corrected chi connectivity index (χ4v) is 1.71. The molecule has 3 nitrogen and oxygen atoms in total. The normalized spacial score (nSPS) is 23.0. The third kappa shape index (κ3) is 1.87.